The number of carboxylic acids is 1. The second-order valence-electron chi connectivity index (χ2n) is 14.4. The molecule has 1 saturated heterocycles. The molecule has 14 nitrogen and oxygen atoms in total. The standard InChI is InChI=1S/C40H43N3O11/c44-20-32-35(48)36(49)37(50)39(54-32)53-31-17-28-26(16-30(31)46)27(18-40(12-4-5-13-40)24-6-2-1-3-7-24)34(38(51)52)43(28)33(47)11-9-22-8-10-29(45)23(14-22)15-25-19-41-21-42-25/h1-3,6-11,14,16-17,19,27,32,34-37,39,44-46,48-50H,4-5,12-13,15,18,20-21H2,(H,51,52)/t27-,32+,34+,35+,36-,37+,39-/m0/s1. The van der Waals surface area contributed by atoms with Crippen molar-refractivity contribution in [2.24, 2.45) is 9.98 Å². The highest BCUT2D eigenvalue weighted by Gasteiger charge is 2.51. The number of aliphatic imine (C=N–C) groups is 2. The summed E-state index contributed by atoms with van der Waals surface area (Å²) in [6.45, 7) is -0.376. The highest BCUT2D eigenvalue weighted by Crippen LogP contribution is 2.54. The van der Waals surface area contributed by atoms with Gasteiger partial charge in [-0.25, -0.2) is 4.79 Å². The molecule has 3 aromatic rings. The van der Waals surface area contributed by atoms with Gasteiger partial charge in [0.15, 0.2) is 11.5 Å². The van der Waals surface area contributed by atoms with Crippen LogP contribution in [0.25, 0.3) is 6.08 Å². The Morgan fingerprint density at radius 1 is 0.963 bits per heavy atom. The molecule has 0 unspecified atom stereocenters. The zero-order valence-electron chi connectivity index (χ0n) is 29.3. The normalized spacial score (nSPS) is 27.3. The topological polar surface area (TPSA) is 222 Å². The maximum Gasteiger partial charge on any atom is 0.327 e. The lowest BCUT2D eigenvalue weighted by atomic mass is 9.70. The van der Waals surface area contributed by atoms with Gasteiger partial charge in [-0.3, -0.25) is 19.7 Å². The predicted octanol–water partition coefficient (Wildman–Crippen LogP) is 2.80. The van der Waals surface area contributed by atoms with Gasteiger partial charge in [0, 0.05) is 36.3 Å². The lowest BCUT2D eigenvalue weighted by Crippen LogP contribution is -2.60. The number of carbonyl (C=O) groups is 2. The Hall–Kier alpha value is -5.12. The molecular weight excluding hydrogens is 698 g/mol. The van der Waals surface area contributed by atoms with E-state index in [2.05, 4.69) is 9.98 Å². The van der Waals surface area contributed by atoms with E-state index in [-0.39, 0.29) is 22.6 Å². The number of carboxylic acid groups (broad SMARTS) is 1. The van der Waals surface area contributed by atoms with Gasteiger partial charge in [0.1, 0.15) is 42.9 Å². The van der Waals surface area contributed by atoms with Gasteiger partial charge < -0.3 is 45.2 Å². The Labute approximate surface area is 311 Å². The molecule has 0 aromatic heterocycles. The summed E-state index contributed by atoms with van der Waals surface area (Å²) in [5.74, 6) is -3.34. The molecular formula is C40H43N3O11. The number of benzene rings is 3. The third kappa shape index (κ3) is 7.10. The van der Waals surface area contributed by atoms with Crippen LogP contribution in [0.1, 0.15) is 60.3 Å². The molecule has 7 N–H and O–H groups in total. The molecule has 4 aliphatic rings. The third-order valence-corrected chi connectivity index (χ3v) is 11.1. The monoisotopic (exact) mass is 741 g/mol. The van der Waals surface area contributed by atoms with E-state index in [0.717, 1.165) is 36.1 Å². The van der Waals surface area contributed by atoms with Crippen LogP contribution in [-0.2, 0) is 26.2 Å². The lowest BCUT2D eigenvalue weighted by Gasteiger charge is -2.39. The minimum atomic E-state index is -1.79. The van der Waals surface area contributed by atoms with Crippen LogP contribution in [0.5, 0.6) is 17.2 Å². The van der Waals surface area contributed by atoms with Crippen LogP contribution in [0, 0.1) is 0 Å². The molecule has 0 spiro atoms. The quantitative estimate of drug-likeness (QED) is 0.142. The molecule has 1 amide bonds. The molecule has 284 valence electrons. The molecule has 14 heteroatoms. The van der Waals surface area contributed by atoms with E-state index in [1.54, 1.807) is 18.3 Å². The highest BCUT2D eigenvalue weighted by molar-refractivity contribution is 6.32. The van der Waals surface area contributed by atoms with E-state index in [1.165, 1.54) is 30.4 Å². The van der Waals surface area contributed by atoms with Gasteiger partial charge >= 0.3 is 5.97 Å². The van der Waals surface area contributed by atoms with Crippen LogP contribution < -0.4 is 9.64 Å². The number of hydrogen-bond acceptors (Lipinski definition) is 12. The van der Waals surface area contributed by atoms with E-state index in [4.69, 9.17) is 9.47 Å². The van der Waals surface area contributed by atoms with Crippen LogP contribution in [0.2, 0.25) is 0 Å². The molecule has 0 bridgehead atoms. The van der Waals surface area contributed by atoms with Gasteiger partial charge in [-0.2, -0.15) is 0 Å². The van der Waals surface area contributed by atoms with Gasteiger partial charge in [0.05, 0.1) is 18.0 Å². The second-order valence-corrected chi connectivity index (χ2v) is 14.4. The van der Waals surface area contributed by atoms with E-state index in [0.29, 0.717) is 41.9 Å². The SMILES string of the molecule is O=C(O)[C@H]1[C@@H](CC2(c3ccccc3)CCCC2)c2cc(O)c(O[C@H]3O[C@H](CO)[C@@H](O)[C@H](O)[C@H]3O)cc2N1C(=O)C=Cc1ccc(O)c(CC2=NCN=C2)c1. The third-order valence-electron chi connectivity index (χ3n) is 11.1. The van der Waals surface area contributed by atoms with Crippen molar-refractivity contribution in [2.75, 3.05) is 18.2 Å². The number of aliphatic hydroxyl groups excluding tert-OH is 4. The fourth-order valence-corrected chi connectivity index (χ4v) is 8.31. The average molecular weight is 742 g/mol. The second kappa shape index (κ2) is 15.3. The van der Waals surface area contributed by atoms with Crippen molar-refractivity contribution in [1.82, 2.24) is 0 Å². The number of rotatable bonds is 11. The molecule has 0 radical (unpaired) electrons. The van der Waals surface area contributed by atoms with Gasteiger partial charge in [-0.1, -0.05) is 49.2 Å². The Morgan fingerprint density at radius 3 is 2.41 bits per heavy atom. The van der Waals surface area contributed by atoms with E-state index >= 15 is 0 Å². The van der Waals surface area contributed by atoms with E-state index in [9.17, 15) is 45.3 Å². The summed E-state index contributed by atoms with van der Waals surface area (Å²) >= 11 is 0. The molecule has 2 fully saturated rings. The van der Waals surface area contributed by atoms with Crippen molar-refractivity contribution in [3.05, 3.63) is 89.0 Å². The summed E-state index contributed by atoms with van der Waals surface area (Å²) in [5, 5.41) is 73.6. The number of phenolic OH excluding ortho intramolecular Hbond substituents is 2. The van der Waals surface area contributed by atoms with Crippen molar-refractivity contribution < 1.29 is 54.8 Å². The Balaban J connectivity index is 1.27. The molecule has 7 atom stereocenters. The van der Waals surface area contributed by atoms with Crippen LogP contribution in [0.3, 0.4) is 0 Å². The minimum absolute atomic E-state index is 0.0507. The van der Waals surface area contributed by atoms with E-state index in [1.807, 2.05) is 30.3 Å². The molecule has 7 rings (SSSR count). The summed E-state index contributed by atoms with van der Waals surface area (Å²) < 4.78 is 11.3. The van der Waals surface area contributed by atoms with E-state index < -0.39 is 66.9 Å². The lowest BCUT2D eigenvalue weighted by molar-refractivity contribution is -0.277. The summed E-state index contributed by atoms with van der Waals surface area (Å²) in [6, 6.07) is 16.0. The number of carbonyl (C=O) groups excluding carboxylic acids is 1. The molecule has 54 heavy (non-hydrogen) atoms. The Morgan fingerprint density at radius 2 is 1.72 bits per heavy atom. The first-order valence-corrected chi connectivity index (χ1v) is 18.0. The number of anilines is 1. The number of aliphatic carboxylic acids is 1. The molecule has 1 saturated carbocycles. The number of hydrogen-bond donors (Lipinski definition) is 7. The summed E-state index contributed by atoms with van der Waals surface area (Å²) in [7, 11) is 0. The van der Waals surface area contributed by atoms with Gasteiger partial charge in [-0.15, -0.1) is 0 Å². The smallest absolute Gasteiger partial charge is 0.327 e. The number of nitrogens with zero attached hydrogens (tertiary/aromatic N) is 3. The maximum atomic E-state index is 14.3. The number of aliphatic hydroxyl groups is 4. The van der Waals surface area contributed by atoms with Crippen molar-refractivity contribution in [2.45, 2.75) is 86.6 Å². The van der Waals surface area contributed by atoms with Gasteiger partial charge in [0.2, 0.25) is 6.29 Å². The fourth-order valence-electron chi connectivity index (χ4n) is 8.31. The first kappa shape index (κ1) is 37.2. The van der Waals surface area contributed by atoms with Crippen LogP contribution in [0.15, 0.2) is 76.7 Å². The molecule has 3 aromatic carbocycles. The minimum Gasteiger partial charge on any atom is -0.508 e. The number of aromatic hydroxyl groups is 2. The van der Waals surface area contributed by atoms with Gasteiger partial charge in [0.25, 0.3) is 5.91 Å². The summed E-state index contributed by atoms with van der Waals surface area (Å²) in [6.07, 6.45) is 0.533. The number of ether oxygens (including phenoxy) is 2. The first-order valence-electron chi connectivity index (χ1n) is 18.0. The number of phenols is 2. The Kier molecular flexibility index (Phi) is 10.6. The van der Waals surface area contributed by atoms with Crippen LogP contribution in [0.4, 0.5) is 5.69 Å². The van der Waals surface area contributed by atoms with Crippen molar-refractivity contribution >= 4 is 35.6 Å². The number of fused-ring (bicyclic) bond motifs is 1. The molecule has 1 aliphatic carbocycles. The predicted molar refractivity (Wildman–Crippen MR) is 197 cm³/mol. The molecule has 3 heterocycles. The zero-order chi connectivity index (χ0) is 38.1. The van der Waals surface area contributed by atoms with Gasteiger partial charge in [-0.05, 0) is 65.6 Å². The Bertz CT molecular complexity index is 1970. The molecule has 3 aliphatic heterocycles. The first-order chi connectivity index (χ1) is 26.0. The summed E-state index contributed by atoms with van der Waals surface area (Å²) in [4.78, 5) is 37.1. The maximum absolute atomic E-state index is 14.3. The fraction of sp³-hybridized carbons (Fsp3) is 0.400. The van der Waals surface area contributed by atoms with Crippen LogP contribution >= 0.6 is 0 Å². The van der Waals surface area contributed by atoms with Crippen molar-refractivity contribution in [3.63, 3.8) is 0 Å². The highest BCUT2D eigenvalue weighted by atomic mass is 16.7. The van der Waals surface area contributed by atoms with Crippen LogP contribution in [-0.4, -0.2) is 110 Å². The summed E-state index contributed by atoms with van der Waals surface area (Å²) in [5.41, 5.74) is 3.10. The average Bonchev–Trinajstić information content (AvgIpc) is 3.93. The number of amides is 1. The largest absolute Gasteiger partial charge is 0.508 e. The van der Waals surface area contributed by atoms with Crippen molar-refractivity contribution in [1.29, 1.82) is 0 Å². The van der Waals surface area contributed by atoms with Crippen molar-refractivity contribution in [3.8, 4) is 17.2 Å². The zero-order valence-corrected chi connectivity index (χ0v) is 29.3.